The van der Waals surface area contributed by atoms with Crippen LogP contribution in [0.2, 0.25) is 10.3 Å². The lowest BCUT2D eigenvalue weighted by Gasteiger charge is -2.36. The predicted octanol–water partition coefficient (Wildman–Crippen LogP) is 3.55. The Morgan fingerprint density at radius 3 is 2.30 bits per heavy atom. The minimum Gasteiger partial charge on any atom is -0.372 e. The number of ether oxygens (including phenoxy) is 1. The Labute approximate surface area is 127 Å². The Kier molecular flexibility index (Phi) is 3.71. The quantitative estimate of drug-likeness (QED) is 0.807. The molecule has 1 aliphatic rings. The van der Waals surface area contributed by atoms with Crippen LogP contribution in [0.4, 0.5) is 5.69 Å². The Balaban J connectivity index is 1.98. The van der Waals surface area contributed by atoms with Gasteiger partial charge in [0.05, 0.1) is 23.2 Å². The van der Waals surface area contributed by atoms with Crippen LogP contribution in [0.25, 0.3) is 11.0 Å². The van der Waals surface area contributed by atoms with Crippen LogP contribution < -0.4 is 4.90 Å². The smallest absolute Gasteiger partial charge is 0.167 e. The standard InChI is InChI=1S/C14H15Cl2N3O/c1-8-6-19(7-9(2)20-8)10-3-4-11-12(5-10)18-14(16)13(15)17-11/h3-5,8-9H,6-7H2,1-2H3/t8-,9+. The molecule has 0 saturated carbocycles. The van der Waals surface area contributed by atoms with Crippen LogP contribution in [0.1, 0.15) is 13.8 Å². The first-order chi connectivity index (χ1) is 9.52. The molecule has 0 unspecified atom stereocenters. The van der Waals surface area contributed by atoms with Crippen LogP contribution in [-0.2, 0) is 4.74 Å². The van der Waals surface area contributed by atoms with Gasteiger partial charge in [0, 0.05) is 18.8 Å². The minimum absolute atomic E-state index is 0.217. The number of halogens is 2. The molecule has 4 nitrogen and oxygen atoms in total. The lowest BCUT2D eigenvalue weighted by Crippen LogP contribution is -2.45. The molecule has 20 heavy (non-hydrogen) atoms. The van der Waals surface area contributed by atoms with Crippen molar-refractivity contribution in [2.75, 3.05) is 18.0 Å². The predicted molar refractivity (Wildman–Crippen MR) is 81.8 cm³/mol. The maximum absolute atomic E-state index is 5.93. The van der Waals surface area contributed by atoms with Gasteiger partial charge in [0.1, 0.15) is 0 Å². The second-order valence-corrected chi connectivity index (χ2v) is 5.86. The average molecular weight is 312 g/mol. The number of morpholine rings is 1. The van der Waals surface area contributed by atoms with Gasteiger partial charge in [-0.25, -0.2) is 9.97 Å². The highest BCUT2D eigenvalue weighted by Crippen LogP contribution is 2.26. The molecule has 0 spiro atoms. The van der Waals surface area contributed by atoms with Crippen molar-refractivity contribution in [3.63, 3.8) is 0 Å². The molecule has 1 saturated heterocycles. The fraction of sp³-hybridized carbons (Fsp3) is 0.429. The van der Waals surface area contributed by atoms with Crippen molar-refractivity contribution >= 4 is 39.9 Å². The molecule has 0 amide bonds. The SMILES string of the molecule is C[C@@H]1CN(c2ccc3nc(Cl)c(Cl)nc3c2)C[C@H](C)O1. The largest absolute Gasteiger partial charge is 0.372 e. The van der Waals surface area contributed by atoms with Crippen LogP contribution in [0.3, 0.4) is 0 Å². The molecule has 6 heteroatoms. The zero-order valence-electron chi connectivity index (χ0n) is 11.3. The van der Waals surface area contributed by atoms with E-state index in [-0.39, 0.29) is 22.5 Å². The van der Waals surface area contributed by atoms with Crippen LogP contribution >= 0.6 is 23.2 Å². The van der Waals surface area contributed by atoms with E-state index in [1.54, 1.807) is 0 Å². The molecular weight excluding hydrogens is 297 g/mol. The maximum Gasteiger partial charge on any atom is 0.167 e. The molecule has 0 radical (unpaired) electrons. The van der Waals surface area contributed by atoms with E-state index in [2.05, 4.69) is 28.7 Å². The molecule has 2 aromatic rings. The van der Waals surface area contributed by atoms with Crippen molar-refractivity contribution in [1.82, 2.24) is 9.97 Å². The van der Waals surface area contributed by atoms with Crippen LogP contribution in [-0.4, -0.2) is 35.3 Å². The molecule has 1 aromatic heterocycles. The zero-order valence-corrected chi connectivity index (χ0v) is 12.8. The highest BCUT2D eigenvalue weighted by Gasteiger charge is 2.22. The van der Waals surface area contributed by atoms with E-state index in [1.165, 1.54) is 0 Å². The van der Waals surface area contributed by atoms with Crippen molar-refractivity contribution in [3.05, 3.63) is 28.5 Å². The van der Waals surface area contributed by atoms with Gasteiger partial charge in [-0.3, -0.25) is 0 Å². The van der Waals surface area contributed by atoms with E-state index in [0.717, 1.165) is 29.8 Å². The molecule has 0 bridgehead atoms. The molecule has 1 aromatic carbocycles. The minimum atomic E-state index is 0.217. The van der Waals surface area contributed by atoms with Crippen LogP contribution in [0, 0.1) is 0 Å². The summed E-state index contributed by atoms with van der Waals surface area (Å²) in [5.41, 5.74) is 2.60. The summed E-state index contributed by atoms with van der Waals surface area (Å²) in [5, 5.41) is 0.473. The number of fused-ring (bicyclic) bond motifs is 1. The third-order valence-corrected chi connectivity index (χ3v) is 3.97. The lowest BCUT2D eigenvalue weighted by molar-refractivity contribution is -0.00521. The van der Waals surface area contributed by atoms with Gasteiger partial charge in [0.15, 0.2) is 10.3 Å². The number of hydrogen-bond acceptors (Lipinski definition) is 4. The van der Waals surface area contributed by atoms with Gasteiger partial charge in [-0.2, -0.15) is 0 Å². The summed E-state index contributed by atoms with van der Waals surface area (Å²) in [4.78, 5) is 10.8. The number of hydrogen-bond donors (Lipinski definition) is 0. The second-order valence-electron chi connectivity index (χ2n) is 5.14. The van der Waals surface area contributed by atoms with Gasteiger partial charge >= 0.3 is 0 Å². The number of nitrogens with zero attached hydrogens (tertiary/aromatic N) is 3. The van der Waals surface area contributed by atoms with Gasteiger partial charge in [0.2, 0.25) is 0 Å². The summed E-state index contributed by atoms with van der Waals surface area (Å²) in [6, 6.07) is 5.95. The topological polar surface area (TPSA) is 38.2 Å². The number of aromatic nitrogens is 2. The summed E-state index contributed by atoms with van der Waals surface area (Å²) in [5.74, 6) is 0. The first kappa shape index (κ1) is 13.9. The first-order valence-corrected chi connectivity index (χ1v) is 7.32. The molecule has 1 fully saturated rings. The van der Waals surface area contributed by atoms with Crippen LogP contribution in [0.15, 0.2) is 18.2 Å². The number of anilines is 1. The molecule has 0 N–H and O–H groups in total. The summed E-state index contributed by atoms with van der Waals surface area (Å²) < 4.78 is 5.75. The number of rotatable bonds is 1. The van der Waals surface area contributed by atoms with Crippen molar-refractivity contribution in [2.24, 2.45) is 0 Å². The van der Waals surface area contributed by atoms with Crippen molar-refractivity contribution in [2.45, 2.75) is 26.1 Å². The Hall–Kier alpha value is -1.10. The van der Waals surface area contributed by atoms with E-state index < -0.39 is 0 Å². The van der Waals surface area contributed by atoms with E-state index in [4.69, 9.17) is 27.9 Å². The molecule has 2 atom stereocenters. The fourth-order valence-corrected chi connectivity index (χ4v) is 2.85. The Morgan fingerprint density at radius 1 is 1.05 bits per heavy atom. The summed E-state index contributed by atoms with van der Waals surface area (Å²) in [6.07, 6.45) is 0.434. The van der Waals surface area contributed by atoms with E-state index in [1.807, 2.05) is 18.2 Å². The fourth-order valence-electron chi connectivity index (χ4n) is 2.59. The van der Waals surface area contributed by atoms with Gasteiger partial charge in [-0.15, -0.1) is 0 Å². The molecule has 2 heterocycles. The molecule has 0 aliphatic carbocycles. The lowest BCUT2D eigenvalue weighted by atomic mass is 10.2. The highest BCUT2D eigenvalue weighted by molar-refractivity contribution is 6.40. The molecule has 106 valence electrons. The monoisotopic (exact) mass is 311 g/mol. The van der Waals surface area contributed by atoms with Gasteiger partial charge in [-0.1, -0.05) is 23.2 Å². The summed E-state index contributed by atoms with van der Waals surface area (Å²) in [7, 11) is 0. The van der Waals surface area contributed by atoms with E-state index in [0.29, 0.717) is 0 Å². The maximum atomic E-state index is 5.93. The molecular formula is C14H15Cl2N3O. The van der Waals surface area contributed by atoms with Gasteiger partial charge < -0.3 is 9.64 Å². The summed E-state index contributed by atoms with van der Waals surface area (Å²) in [6.45, 7) is 5.90. The van der Waals surface area contributed by atoms with Crippen molar-refractivity contribution in [3.8, 4) is 0 Å². The number of benzene rings is 1. The van der Waals surface area contributed by atoms with Crippen LogP contribution in [0.5, 0.6) is 0 Å². The highest BCUT2D eigenvalue weighted by atomic mass is 35.5. The first-order valence-electron chi connectivity index (χ1n) is 6.56. The zero-order chi connectivity index (χ0) is 14.3. The third-order valence-electron chi connectivity index (χ3n) is 3.35. The van der Waals surface area contributed by atoms with Gasteiger partial charge in [-0.05, 0) is 32.0 Å². The third kappa shape index (κ3) is 2.68. The van der Waals surface area contributed by atoms with E-state index in [9.17, 15) is 0 Å². The Morgan fingerprint density at radius 2 is 1.65 bits per heavy atom. The van der Waals surface area contributed by atoms with Crippen molar-refractivity contribution < 1.29 is 4.74 Å². The van der Waals surface area contributed by atoms with Crippen molar-refractivity contribution in [1.29, 1.82) is 0 Å². The second kappa shape index (κ2) is 5.35. The Bertz CT molecular complexity index is 640. The van der Waals surface area contributed by atoms with E-state index >= 15 is 0 Å². The summed E-state index contributed by atoms with van der Waals surface area (Å²) >= 11 is 11.8. The molecule has 3 rings (SSSR count). The average Bonchev–Trinajstić information content (AvgIpc) is 2.38. The normalized spacial score (nSPS) is 23.3. The van der Waals surface area contributed by atoms with Gasteiger partial charge in [0.25, 0.3) is 0 Å². The molecule has 1 aliphatic heterocycles.